The van der Waals surface area contributed by atoms with Crippen LogP contribution in [0, 0.1) is 0 Å². The molecule has 140 valence electrons. The van der Waals surface area contributed by atoms with Crippen molar-refractivity contribution in [1.29, 1.82) is 0 Å². The molecule has 3 rings (SSSR count). The number of fused-ring (bicyclic) bond motifs is 1. The Morgan fingerprint density at radius 3 is 2.67 bits per heavy atom. The first-order valence-electron chi connectivity index (χ1n) is 8.80. The van der Waals surface area contributed by atoms with Crippen molar-refractivity contribution in [2.45, 2.75) is 26.3 Å². The van der Waals surface area contributed by atoms with E-state index in [1.807, 2.05) is 37.3 Å². The van der Waals surface area contributed by atoms with Crippen LogP contribution in [0.15, 0.2) is 53.3 Å². The van der Waals surface area contributed by atoms with Gasteiger partial charge in [0.05, 0.1) is 18.0 Å². The van der Waals surface area contributed by atoms with Gasteiger partial charge in [-0.05, 0) is 37.1 Å². The second kappa shape index (κ2) is 8.35. The number of methoxy groups -OCH3 is 1. The summed E-state index contributed by atoms with van der Waals surface area (Å²) in [5, 5.41) is 0.549. The van der Waals surface area contributed by atoms with Crippen LogP contribution in [0.1, 0.15) is 18.9 Å². The zero-order valence-corrected chi connectivity index (χ0v) is 15.4. The number of nitrogens with one attached hydrogen (secondary N) is 2. The van der Waals surface area contributed by atoms with E-state index in [4.69, 9.17) is 4.74 Å². The number of carbonyl (C=O) groups excluding carboxylic acids is 1. The average molecular weight is 366 g/mol. The lowest BCUT2D eigenvalue weighted by Crippen LogP contribution is -2.34. The van der Waals surface area contributed by atoms with Crippen LogP contribution in [-0.4, -0.2) is 22.6 Å². The summed E-state index contributed by atoms with van der Waals surface area (Å²) in [6.45, 7) is 2.29. The zero-order valence-electron chi connectivity index (χ0n) is 15.4. The zero-order chi connectivity index (χ0) is 19.2. The van der Waals surface area contributed by atoms with E-state index in [1.54, 1.807) is 25.3 Å². The number of hydrazine groups is 1. The second-order valence-electron chi connectivity index (χ2n) is 5.99. The largest absolute Gasteiger partial charge is 0.496 e. The normalized spacial score (nSPS) is 10.6. The van der Waals surface area contributed by atoms with Gasteiger partial charge in [-0.25, -0.2) is 4.98 Å². The van der Waals surface area contributed by atoms with Crippen molar-refractivity contribution in [3.63, 3.8) is 0 Å². The maximum absolute atomic E-state index is 12.6. The minimum Gasteiger partial charge on any atom is -0.496 e. The number of aryl methyl sites for hydroxylation is 1. The first-order valence-corrected chi connectivity index (χ1v) is 8.80. The van der Waals surface area contributed by atoms with Crippen LogP contribution in [0.25, 0.3) is 10.9 Å². The fourth-order valence-electron chi connectivity index (χ4n) is 2.90. The van der Waals surface area contributed by atoms with Gasteiger partial charge in [0.1, 0.15) is 5.75 Å². The Hall–Kier alpha value is -3.35. The van der Waals surface area contributed by atoms with Crippen LogP contribution in [-0.2, 0) is 17.8 Å². The SMILES string of the molecule is CCn1c(NNC(=O)CCc2ccccc2OC)nc2ccccc2c1=O. The van der Waals surface area contributed by atoms with E-state index in [2.05, 4.69) is 15.8 Å². The minimum atomic E-state index is -0.203. The van der Waals surface area contributed by atoms with Crippen LogP contribution in [0.2, 0.25) is 0 Å². The molecule has 0 atom stereocenters. The smallest absolute Gasteiger partial charge is 0.262 e. The van der Waals surface area contributed by atoms with Crippen LogP contribution in [0.5, 0.6) is 5.75 Å². The molecule has 1 amide bonds. The number of para-hydroxylation sites is 2. The molecule has 1 aromatic heterocycles. The molecule has 2 aromatic carbocycles. The van der Waals surface area contributed by atoms with Crippen LogP contribution in [0.4, 0.5) is 5.95 Å². The lowest BCUT2D eigenvalue weighted by molar-refractivity contribution is -0.120. The molecule has 7 heteroatoms. The van der Waals surface area contributed by atoms with Gasteiger partial charge in [-0.3, -0.25) is 25.0 Å². The van der Waals surface area contributed by atoms with Gasteiger partial charge in [0, 0.05) is 13.0 Å². The number of benzene rings is 2. The number of nitrogens with zero attached hydrogens (tertiary/aromatic N) is 2. The number of anilines is 1. The summed E-state index contributed by atoms with van der Waals surface area (Å²) in [7, 11) is 1.61. The van der Waals surface area contributed by atoms with E-state index in [-0.39, 0.29) is 17.9 Å². The van der Waals surface area contributed by atoms with Gasteiger partial charge in [-0.15, -0.1) is 0 Å². The van der Waals surface area contributed by atoms with E-state index in [0.29, 0.717) is 29.8 Å². The summed E-state index contributed by atoms with van der Waals surface area (Å²) >= 11 is 0. The number of carbonyl (C=O) groups is 1. The Labute approximate surface area is 157 Å². The Balaban J connectivity index is 1.69. The van der Waals surface area contributed by atoms with Gasteiger partial charge in [-0.1, -0.05) is 30.3 Å². The van der Waals surface area contributed by atoms with Gasteiger partial charge in [0.15, 0.2) is 0 Å². The van der Waals surface area contributed by atoms with Crippen LogP contribution >= 0.6 is 0 Å². The van der Waals surface area contributed by atoms with Gasteiger partial charge in [0.2, 0.25) is 11.9 Å². The second-order valence-corrected chi connectivity index (χ2v) is 5.99. The molecule has 0 saturated heterocycles. The van der Waals surface area contributed by atoms with E-state index >= 15 is 0 Å². The van der Waals surface area contributed by atoms with Crippen molar-refractivity contribution >= 4 is 22.8 Å². The highest BCUT2D eigenvalue weighted by Gasteiger charge is 2.11. The van der Waals surface area contributed by atoms with Gasteiger partial charge >= 0.3 is 0 Å². The Morgan fingerprint density at radius 1 is 1.15 bits per heavy atom. The summed E-state index contributed by atoms with van der Waals surface area (Å²) in [6.07, 6.45) is 0.820. The van der Waals surface area contributed by atoms with E-state index in [9.17, 15) is 9.59 Å². The highest BCUT2D eigenvalue weighted by molar-refractivity contribution is 5.80. The summed E-state index contributed by atoms with van der Waals surface area (Å²) in [5.74, 6) is 0.868. The molecule has 27 heavy (non-hydrogen) atoms. The molecule has 0 fully saturated rings. The van der Waals surface area contributed by atoms with Gasteiger partial charge < -0.3 is 4.74 Å². The highest BCUT2D eigenvalue weighted by Crippen LogP contribution is 2.18. The van der Waals surface area contributed by atoms with Crippen molar-refractivity contribution in [3.05, 3.63) is 64.4 Å². The first-order chi connectivity index (χ1) is 13.1. The quantitative estimate of drug-likeness (QED) is 0.628. The fraction of sp³-hybridized carbons (Fsp3) is 0.250. The number of hydrogen-bond acceptors (Lipinski definition) is 5. The summed E-state index contributed by atoms with van der Waals surface area (Å²) in [6, 6.07) is 14.7. The molecule has 0 radical (unpaired) electrons. The number of rotatable bonds is 7. The number of aromatic nitrogens is 2. The maximum Gasteiger partial charge on any atom is 0.262 e. The fourth-order valence-corrected chi connectivity index (χ4v) is 2.90. The number of ether oxygens (including phenoxy) is 1. The molecule has 0 aliphatic heterocycles. The minimum absolute atomic E-state index is 0.145. The molecule has 3 aromatic rings. The molecule has 0 bridgehead atoms. The molecule has 0 saturated carbocycles. The van der Waals surface area contributed by atoms with Crippen molar-refractivity contribution in [2.24, 2.45) is 0 Å². The topological polar surface area (TPSA) is 85.2 Å². The molecule has 0 aliphatic carbocycles. The molecule has 7 nitrogen and oxygen atoms in total. The number of amides is 1. The predicted molar refractivity (Wildman–Crippen MR) is 105 cm³/mol. The summed E-state index contributed by atoms with van der Waals surface area (Å²) in [4.78, 5) is 29.2. The third kappa shape index (κ3) is 4.08. The average Bonchev–Trinajstić information content (AvgIpc) is 2.71. The Morgan fingerprint density at radius 2 is 1.89 bits per heavy atom. The third-order valence-electron chi connectivity index (χ3n) is 4.31. The molecular formula is C20H22N4O3. The van der Waals surface area contributed by atoms with E-state index < -0.39 is 0 Å². The monoisotopic (exact) mass is 366 g/mol. The van der Waals surface area contributed by atoms with Crippen LogP contribution in [0.3, 0.4) is 0 Å². The maximum atomic E-state index is 12.6. The van der Waals surface area contributed by atoms with Crippen LogP contribution < -0.4 is 21.1 Å². The molecule has 0 aliphatic rings. The molecule has 0 unspecified atom stereocenters. The Bertz CT molecular complexity index is 1010. The van der Waals surface area contributed by atoms with Crippen molar-refractivity contribution in [1.82, 2.24) is 15.0 Å². The predicted octanol–water partition coefficient (Wildman–Crippen LogP) is 2.50. The summed E-state index contributed by atoms with van der Waals surface area (Å²) < 4.78 is 6.78. The van der Waals surface area contributed by atoms with Crippen molar-refractivity contribution in [3.8, 4) is 5.75 Å². The van der Waals surface area contributed by atoms with Crippen molar-refractivity contribution in [2.75, 3.05) is 12.5 Å². The molecular weight excluding hydrogens is 344 g/mol. The molecule has 0 spiro atoms. The molecule has 2 N–H and O–H groups in total. The lowest BCUT2D eigenvalue weighted by Gasteiger charge is -2.14. The van der Waals surface area contributed by atoms with Gasteiger partial charge in [0.25, 0.3) is 5.56 Å². The first kappa shape index (κ1) is 18.4. The highest BCUT2D eigenvalue weighted by atomic mass is 16.5. The van der Waals surface area contributed by atoms with Gasteiger partial charge in [-0.2, -0.15) is 0 Å². The molecule has 1 heterocycles. The lowest BCUT2D eigenvalue weighted by atomic mass is 10.1. The van der Waals surface area contributed by atoms with Crippen molar-refractivity contribution < 1.29 is 9.53 Å². The summed E-state index contributed by atoms with van der Waals surface area (Å²) in [5.41, 5.74) is 6.80. The number of hydrogen-bond donors (Lipinski definition) is 2. The third-order valence-corrected chi connectivity index (χ3v) is 4.31. The Kier molecular flexibility index (Phi) is 5.71. The van der Waals surface area contributed by atoms with E-state index in [1.165, 1.54) is 4.57 Å². The standard InChI is InChI=1S/C20H22N4O3/c1-3-24-19(26)15-9-5-6-10-16(15)21-20(24)23-22-18(25)13-12-14-8-4-7-11-17(14)27-2/h4-11H,3,12-13H2,1-2H3,(H,21,23)(H,22,25). The van der Waals surface area contributed by atoms with E-state index in [0.717, 1.165) is 11.3 Å².